The number of halogens is 1. The number of hydrogen-bond donors (Lipinski definition) is 3. The Morgan fingerprint density at radius 1 is 1.10 bits per heavy atom. The third kappa shape index (κ3) is 5.18. The van der Waals surface area contributed by atoms with Gasteiger partial charge in [-0.25, -0.2) is 9.97 Å². The quantitative estimate of drug-likeness (QED) is 0.345. The minimum Gasteiger partial charge on any atom is -0.345 e. The first-order chi connectivity index (χ1) is 14.7. The molecule has 4 rings (SSSR count). The molecule has 0 radical (unpaired) electrons. The van der Waals surface area contributed by atoms with Gasteiger partial charge in [0.15, 0.2) is 5.69 Å². The molecule has 10 heteroatoms. The van der Waals surface area contributed by atoms with Gasteiger partial charge in [0.1, 0.15) is 10.2 Å². The van der Waals surface area contributed by atoms with E-state index in [1.165, 1.54) is 11.3 Å². The molecule has 4 aromatic rings. The molecule has 0 aliphatic heterocycles. The highest BCUT2D eigenvalue weighted by molar-refractivity contribution is 7.16. The summed E-state index contributed by atoms with van der Waals surface area (Å²) < 4.78 is 0.393. The number of aromatic nitrogens is 5. The lowest BCUT2D eigenvalue weighted by molar-refractivity contribution is 0.0946. The Labute approximate surface area is 182 Å². The molecule has 8 nitrogen and oxygen atoms in total. The predicted octanol–water partition coefficient (Wildman–Crippen LogP) is 2.77. The molecule has 0 saturated carbocycles. The van der Waals surface area contributed by atoms with Crippen molar-refractivity contribution in [2.24, 2.45) is 0 Å². The van der Waals surface area contributed by atoms with Crippen molar-refractivity contribution in [3.05, 3.63) is 69.2 Å². The third-order valence-electron chi connectivity index (χ3n) is 4.40. The zero-order valence-corrected chi connectivity index (χ0v) is 17.6. The normalized spacial score (nSPS) is 11.1. The number of H-pyrrole nitrogens is 1. The Morgan fingerprint density at radius 3 is 2.80 bits per heavy atom. The van der Waals surface area contributed by atoms with Crippen LogP contribution in [0.5, 0.6) is 0 Å². The number of imidazole rings is 1. The summed E-state index contributed by atoms with van der Waals surface area (Å²) in [6.45, 7) is 1.81. The Morgan fingerprint density at radius 2 is 1.97 bits per heavy atom. The van der Waals surface area contributed by atoms with Gasteiger partial charge in [0.2, 0.25) is 0 Å². The van der Waals surface area contributed by atoms with Crippen molar-refractivity contribution in [1.82, 2.24) is 35.8 Å². The third-order valence-corrected chi connectivity index (χ3v) is 5.71. The molecule has 0 aliphatic carbocycles. The summed E-state index contributed by atoms with van der Waals surface area (Å²) in [5.41, 5.74) is 2.96. The zero-order chi connectivity index (χ0) is 20.8. The first-order valence-corrected chi connectivity index (χ1v) is 10.7. The van der Waals surface area contributed by atoms with Crippen LogP contribution < -0.4 is 10.6 Å². The number of carbonyl (C=O) groups excluding carboxylic acids is 1. The zero-order valence-electron chi connectivity index (χ0n) is 16.1. The van der Waals surface area contributed by atoms with Crippen molar-refractivity contribution >= 4 is 39.9 Å². The standard InChI is InChI=1S/C20H20ClN7OS/c21-19-18(20(29)23-12-13-4-3-9-24-28-13)27-17(30-19)8-11-22-10-7-16-25-14-5-1-2-6-15(14)26-16/h1-6,9,22H,7-8,10-12H2,(H,23,29)(H,25,26). The first kappa shape index (κ1) is 20.4. The number of benzene rings is 1. The SMILES string of the molecule is O=C(NCc1cccnn1)c1nc(CCNCCc2nc3ccccc3[nH]2)sc1Cl. The second-order valence-corrected chi connectivity index (χ2v) is 8.26. The lowest BCUT2D eigenvalue weighted by Crippen LogP contribution is -2.24. The van der Waals surface area contributed by atoms with Crippen LogP contribution >= 0.6 is 22.9 Å². The number of nitrogens with one attached hydrogen (secondary N) is 3. The van der Waals surface area contributed by atoms with Crippen LogP contribution in [0.4, 0.5) is 0 Å². The number of amides is 1. The highest BCUT2D eigenvalue weighted by atomic mass is 35.5. The van der Waals surface area contributed by atoms with Gasteiger partial charge in [-0.1, -0.05) is 23.7 Å². The Bertz CT molecular complexity index is 1100. The number of thiazole rings is 1. The molecule has 154 valence electrons. The van der Waals surface area contributed by atoms with E-state index in [0.29, 0.717) is 16.5 Å². The maximum absolute atomic E-state index is 12.3. The minimum atomic E-state index is -0.314. The molecule has 3 heterocycles. The number of rotatable bonds is 9. The summed E-state index contributed by atoms with van der Waals surface area (Å²) in [6.07, 6.45) is 3.09. The molecule has 0 fully saturated rings. The molecule has 0 unspecified atom stereocenters. The average molecular weight is 442 g/mol. The van der Waals surface area contributed by atoms with Crippen molar-refractivity contribution in [2.75, 3.05) is 13.1 Å². The van der Waals surface area contributed by atoms with Crippen LogP contribution in [-0.2, 0) is 19.4 Å². The summed E-state index contributed by atoms with van der Waals surface area (Å²) in [5, 5.41) is 14.7. The monoisotopic (exact) mass is 441 g/mol. The molecule has 1 amide bonds. The van der Waals surface area contributed by atoms with E-state index in [9.17, 15) is 4.79 Å². The Kier molecular flexibility index (Phi) is 6.63. The Hall–Kier alpha value is -2.88. The van der Waals surface area contributed by atoms with Crippen LogP contribution in [0.3, 0.4) is 0 Å². The molecule has 3 aromatic heterocycles. The van der Waals surface area contributed by atoms with Gasteiger partial charge in [-0.3, -0.25) is 4.79 Å². The number of hydrogen-bond acceptors (Lipinski definition) is 7. The van der Waals surface area contributed by atoms with Crippen molar-refractivity contribution in [3.8, 4) is 0 Å². The van der Waals surface area contributed by atoms with E-state index in [1.54, 1.807) is 18.3 Å². The number of carbonyl (C=O) groups is 1. The highest BCUT2D eigenvalue weighted by Gasteiger charge is 2.16. The van der Waals surface area contributed by atoms with Gasteiger partial charge in [0, 0.05) is 32.1 Å². The van der Waals surface area contributed by atoms with Gasteiger partial charge < -0.3 is 15.6 Å². The number of nitrogens with zero attached hydrogens (tertiary/aromatic N) is 4. The molecule has 0 bridgehead atoms. The molecular weight excluding hydrogens is 422 g/mol. The molecule has 0 spiro atoms. The van der Waals surface area contributed by atoms with Gasteiger partial charge in [0.25, 0.3) is 5.91 Å². The van der Waals surface area contributed by atoms with E-state index in [2.05, 4.69) is 35.8 Å². The van der Waals surface area contributed by atoms with E-state index in [-0.39, 0.29) is 18.1 Å². The van der Waals surface area contributed by atoms with Crippen LogP contribution in [0.2, 0.25) is 4.34 Å². The van der Waals surface area contributed by atoms with Crippen molar-refractivity contribution in [3.63, 3.8) is 0 Å². The molecule has 0 aliphatic rings. The van der Waals surface area contributed by atoms with Gasteiger partial charge >= 0.3 is 0 Å². The number of fused-ring (bicyclic) bond motifs is 1. The van der Waals surface area contributed by atoms with Crippen molar-refractivity contribution in [1.29, 1.82) is 0 Å². The number of aromatic amines is 1. The summed E-state index contributed by atoms with van der Waals surface area (Å²) in [4.78, 5) is 24.6. The van der Waals surface area contributed by atoms with Crippen molar-refractivity contribution < 1.29 is 4.79 Å². The Balaban J connectivity index is 1.22. The number of para-hydroxylation sites is 2. The van der Waals surface area contributed by atoms with Crippen LogP contribution in [0.25, 0.3) is 11.0 Å². The second kappa shape index (κ2) is 9.75. The predicted molar refractivity (Wildman–Crippen MR) is 117 cm³/mol. The topological polar surface area (TPSA) is 108 Å². The summed E-state index contributed by atoms with van der Waals surface area (Å²) >= 11 is 7.54. The van der Waals surface area contributed by atoms with Gasteiger partial charge in [-0.15, -0.1) is 11.3 Å². The summed E-state index contributed by atoms with van der Waals surface area (Å²) in [7, 11) is 0. The van der Waals surface area contributed by atoms with Gasteiger partial charge in [-0.05, 0) is 24.3 Å². The van der Waals surface area contributed by atoms with E-state index >= 15 is 0 Å². The molecule has 30 heavy (non-hydrogen) atoms. The van der Waals surface area contributed by atoms with Gasteiger partial charge in [-0.2, -0.15) is 10.2 Å². The maximum atomic E-state index is 12.3. The molecular formula is C20H20ClN7OS. The fraction of sp³-hybridized carbons (Fsp3) is 0.250. The van der Waals surface area contributed by atoms with Crippen LogP contribution in [0.1, 0.15) is 27.0 Å². The first-order valence-electron chi connectivity index (χ1n) is 9.53. The molecule has 3 N–H and O–H groups in total. The lowest BCUT2D eigenvalue weighted by atomic mass is 10.3. The van der Waals surface area contributed by atoms with E-state index in [0.717, 1.165) is 41.4 Å². The van der Waals surface area contributed by atoms with E-state index < -0.39 is 0 Å². The largest absolute Gasteiger partial charge is 0.345 e. The fourth-order valence-electron chi connectivity index (χ4n) is 2.92. The smallest absolute Gasteiger partial charge is 0.272 e. The van der Waals surface area contributed by atoms with Crippen LogP contribution in [0, 0.1) is 0 Å². The minimum absolute atomic E-state index is 0.253. The fourth-order valence-corrected chi connectivity index (χ4v) is 4.10. The lowest BCUT2D eigenvalue weighted by Gasteiger charge is -2.02. The maximum Gasteiger partial charge on any atom is 0.272 e. The molecule has 0 atom stereocenters. The average Bonchev–Trinajstić information content (AvgIpc) is 3.35. The molecule has 0 saturated heterocycles. The van der Waals surface area contributed by atoms with E-state index in [4.69, 9.17) is 11.6 Å². The molecule has 1 aromatic carbocycles. The highest BCUT2D eigenvalue weighted by Crippen LogP contribution is 2.24. The summed E-state index contributed by atoms with van der Waals surface area (Å²) in [6, 6.07) is 11.5. The van der Waals surface area contributed by atoms with Crippen LogP contribution in [0.15, 0.2) is 42.6 Å². The summed E-state index contributed by atoms with van der Waals surface area (Å²) in [5.74, 6) is 0.647. The second-order valence-electron chi connectivity index (χ2n) is 6.58. The van der Waals surface area contributed by atoms with Gasteiger partial charge in [0.05, 0.1) is 28.3 Å². The van der Waals surface area contributed by atoms with Crippen molar-refractivity contribution in [2.45, 2.75) is 19.4 Å². The van der Waals surface area contributed by atoms with E-state index in [1.807, 2.05) is 24.3 Å². The van der Waals surface area contributed by atoms with Crippen LogP contribution in [-0.4, -0.2) is 44.1 Å².